The van der Waals surface area contributed by atoms with E-state index in [2.05, 4.69) is 11.8 Å². The normalized spacial score (nSPS) is 24.6. The van der Waals surface area contributed by atoms with Crippen molar-refractivity contribution in [3.63, 3.8) is 0 Å². The number of rotatable bonds is 3. The van der Waals surface area contributed by atoms with Gasteiger partial charge in [0.15, 0.2) is 0 Å². The van der Waals surface area contributed by atoms with Crippen molar-refractivity contribution < 1.29 is 23.8 Å². The molecule has 0 aromatic heterocycles. The number of fused-ring (bicyclic) bond motifs is 1. The van der Waals surface area contributed by atoms with Gasteiger partial charge in [-0.25, -0.2) is 4.39 Å². The molecule has 7 heteroatoms. The number of ether oxygens (including phenoxy) is 1. The monoisotopic (exact) mass is 462 g/mol. The van der Waals surface area contributed by atoms with E-state index in [9.17, 15) is 19.1 Å². The Labute approximate surface area is 198 Å². The molecule has 5 rings (SSSR count). The minimum atomic E-state index is -0.321. The maximum atomic E-state index is 13.4. The van der Waals surface area contributed by atoms with Crippen molar-refractivity contribution in [1.82, 2.24) is 9.80 Å². The van der Waals surface area contributed by atoms with E-state index in [0.717, 1.165) is 11.1 Å². The molecule has 0 spiro atoms. The van der Waals surface area contributed by atoms with E-state index in [4.69, 9.17) is 4.74 Å². The zero-order chi connectivity index (χ0) is 23.7. The SMILES string of the molecule is O=C(C1CCOCC1)N1CC(=O)N2[C@H](C1)[C@H](c1ccc(C#Cc3cccc(F)c3)cc1)[C@@H]2CO. The molecule has 0 bridgehead atoms. The van der Waals surface area contributed by atoms with Crippen molar-refractivity contribution in [2.75, 3.05) is 32.9 Å². The Hall–Kier alpha value is -3.21. The first-order valence-electron chi connectivity index (χ1n) is 11.7. The summed E-state index contributed by atoms with van der Waals surface area (Å²) in [5, 5.41) is 10.00. The largest absolute Gasteiger partial charge is 0.394 e. The topological polar surface area (TPSA) is 70.1 Å². The number of hydrogen-bond donors (Lipinski definition) is 1. The van der Waals surface area contributed by atoms with Crippen LogP contribution in [0.5, 0.6) is 0 Å². The molecule has 6 nitrogen and oxygen atoms in total. The summed E-state index contributed by atoms with van der Waals surface area (Å²) in [6.45, 7) is 1.59. The predicted molar refractivity (Wildman–Crippen MR) is 123 cm³/mol. The molecule has 2 amide bonds. The average molecular weight is 463 g/mol. The molecule has 0 unspecified atom stereocenters. The Morgan fingerprint density at radius 1 is 1.09 bits per heavy atom. The number of halogens is 1. The van der Waals surface area contributed by atoms with E-state index in [1.165, 1.54) is 12.1 Å². The number of aliphatic hydroxyl groups excluding tert-OH is 1. The lowest BCUT2D eigenvalue weighted by molar-refractivity contribution is -0.169. The van der Waals surface area contributed by atoms with Gasteiger partial charge in [0.2, 0.25) is 11.8 Å². The molecule has 3 saturated heterocycles. The third-order valence-corrected chi connectivity index (χ3v) is 7.11. The zero-order valence-corrected chi connectivity index (χ0v) is 18.8. The fourth-order valence-electron chi connectivity index (χ4n) is 5.37. The van der Waals surface area contributed by atoms with Gasteiger partial charge in [0.25, 0.3) is 0 Å². The Morgan fingerprint density at radius 3 is 2.53 bits per heavy atom. The van der Waals surface area contributed by atoms with Gasteiger partial charge in [0, 0.05) is 42.7 Å². The maximum Gasteiger partial charge on any atom is 0.242 e. The molecule has 3 atom stereocenters. The number of hydrogen-bond acceptors (Lipinski definition) is 4. The van der Waals surface area contributed by atoms with Crippen LogP contribution in [0.1, 0.15) is 35.4 Å². The van der Waals surface area contributed by atoms with Crippen LogP contribution < -0.4 is 0 Å². The molecule has 1 N–H and O–H groups in total. The molecule has 3 aliphatic heterocycles. The number of carbonyl (C=O) groups is 2. The molecule has 3 heterocycles. The van der Waals surface area contributed by atoms with Gasteiger partial charge >= 0.3 is 0 Å². The number of aliphatic hydroxyl groups is 1. The van der Waals surface area contributed by atoms with Gasteiger partial charge in [0.1, 0.15) is 5.82 Å². The Bertz CT molecular complexity index is 1130. The van der Waals surface area contributed by atoms with Gasteiger partial charge in [-0.05, 0) is 48.7 Å². The van der Waals surface area contributed by atoms with E-state index in [1.807, 2.05) is 24.3 Å². The van der Waals surface area contributed by atoms with Crippen LogP contribution in [-0.2, 0) is 14.3 Å². The summed E-state index contributed by atoms with van der Waals surface area (Å²) in [7, 11) is 0. The van der Waals surface area contributed by atoms with Gasteiger partial charge in [-0.2, -0.15) is 0 Å². The summed E-state index contributed by atoms with van der Waals surface area (Å²) in [6.07, 6.45) is 1.39. The summed E-state index contributed by atoms with van der Waals surface area (Å²) in [5.74, 6) is 5.47. The molecule has 176 valence electrons. The lowest BCUT2D eigenvalue weighted by Gasteiger charge is -2.59. The summed E-state index contributed by atoms with van der Waals surface area (Å²) < 4.78 is 18.7. The van der Waals surface area contributed by atoms with Crippen LogP contribution in [0.2, 0.25) is 0 Å². The highest BCUT2D eigenvalue weighted by Gasteiger charge is 2.54. The van der Waals surface area contributed by atoms with Crippen LogP contribution in [0.25, 0.3) is 0 Å². The molecule has 0 radical (unpaired) electrons. The molecule has 3 aliphatic rings. The van der Waals surface area contributed by atoms with Crippen LogP contribution in [0.3, 0.4) is 0 Å². The lowest BCUT2D eigenvalue weighted by atomic mass is 9.73. The highest BCUT2D eigenvalue weighted by molar-refractivity contribution is 5.88. The molecule has 34 heavy (non-hydrogen) atoms. The van der Waals surface area contributed by atoms with E-state index in [1.54, 1.807) is 21.9 Å². The maximum absolute atomic E-state index is 13.4. The second kappa shape index (κ2) is 9.57. The van der Waals surface area contributed by atoms with Crippen molar-refractivity contribution in [2.24, 2.45) is 5.92 Å². The fourth-order valence-corrected chi connectivity index (χ4v) is 5.37. The smallest absolute Gasteiger partial charge is 0.242 e. The molecule has 0 aliphatic carbocycles. The average Bonchev–Trinajstić information content (AvgIpc) is 2.85. The second-order valence-corrected chi connectivity index (χ2v) is 9.13. The highest BCUT2D eigenvalue weighted by Crippen LogP contribution is 2.43. The van der Waals surface area contributed by atoms with E-state index in [0.29, 0.717) is 38.2 Å². The standard InChI is InChI=1S/C27H27FN2O4/c28-22-3-1-2-19(14-22)5-4-18-6-8-20(9-7-18)26-23-15-29(16-25(32)30(23)24(26)17-31)27(33)21-10-12-34-13-11-21/h1-3,6-9,14,21,23-24,26,31H,10-13,15-17H2/t23-,24+,26+/m1/s1. The number of amides is 2. The molecule has 2 aromatic rings. The van der Waals surface area contributed by atoms with Crippen LogP contribution in [0, 0.1) is 23.6 Å². The van der Waals surface area contributed by atoms with Crippen LogP contribution in [-0.4, -0.2) is 71.7 Å². The number of carbonyl (C=O) groups excluding carboxylic acids is 2. The second-order valence-electron chi connectivity index (χ2n) is 9.13. The van der Waals surface area contributed by atoms with Crippen molar-refractivity contribution in [3.8, 4) is 11.8 Å². The summed E-state index contributed by atoms with van der Waals surface area (Å²) in [6, 6.07) is 13.4. The van der Waals surface area contributed by atoms with Crippen molar-refractivity contribution >= 4 is 11.8 Å². The Balaban J connectivity index is 1.32. The molecular formula is C27H27FN2O4. The molecule has 0 saturated carbocycles. The number of nitrogens with zero attached hydrogens (tertiary/aromatic N) is 2. The third-order valence-electron chi connectivity index (χ3n) is 7.11. The van der Waals surface area contributed by atoms with Gasteiger partial charge in [-0.3, -0.25) is 9.59 Å². The van der Waals surface area contributed by atoms with Gasteiger partial charge < -0.3 is 19.6 Å². The minimum absolute atomic E-state index is 0.0328. The summed E-state index contributed by atoms with van der Waals surface area (Å²) in [4.78, 5) is 29.3. The van der Waals surface area contributed by atoms with E-state index < -0.39 is 0 Å². The van der Waals surface area contributed by atoms with Crippen LogP contribution in [0.4, 0.5) is 4.39 Å². The first-order chi connectivity index (χ1) is 16.5. The van der Waals surface area contributed by atoms with Crippen molar-refractivity contribution in [1.29, 1.82) is 0 Å². The highest BCUT2D eigenvalue weighted by atomic mass is 19.1. The summed E-state index contributed by atoms with van der Waals surface area (Å²) in [5.41, 5.74) is 2.40. The quantitative estimate of drug-likeness (QED) is 0.710. The Kier molecular flexibility index (Phi) is 6.36. The summed E-state index contributed by atoms with van der Waals surface area (Å²) >= 11 is 0. The predicted octanol–water partition coefficient (Wildman–Crippen LogP) is 2.15. The van der Waals surface area contributed by atoms with E-state index in [-0.39, 0.29) is 54.7 Å². The third kappa shape index (κ3) is 4.31. The molecule has 2 aromatic carbocycles. The zero-order valence-electron chi connectivity index (χ0n) is 18.8. The molecular weight excluding hydrogens is 435 g/mol. The van der Waals surface area contributed by atoms with Crippen molar-refractivity contribution in [2.45, 2.75) is 30.8 Å². The minimum Gasteiger partial charge on any atom is -0.394 e. The van der Waals surface area contributed by atoms with E-state index >= 15 is 0 Å². The number of benzene rings is 2. The first-order valence-corrected chi connectivity index (χ1v) is 11.7. The first kappa shape index (κ1) is 22.6. The fraction of sp³-hybridized carbons (Fsp3) is 0.407. The van der Waals surface area contributed by atoms with Crippen LogP contribution >= 0.6 is 0 Å². The Morgan fingerprint density at radius 2 is 1.82 bits per heavy atom. The van der Waals surface area contributed by atoms with Gasteiger partial charge in [-0.15, -0.1) is 0 Å². The van der Waals surface area contributed by atoms with Gasteiger partial charge in [0.05, 0.1) is 25.2 Å². The van der Waals surface area contributed by atoms with Crippen molar-refractivity contribution in [3.05, 3.63) is 71.0 Å². The number of piperazine rings is 1. The van der Waals surface area contributed by atoms with Crippen LogP contribution in [0.15, 0.2) is 48.5 Å². The lowest BCUT2D eigenvalue weighted by Crippen LogP contribution is -2.73. The van der Waals surface area contributed by atoms with Gasteiger partial charge in [-0.1, -0.05) is 30.0 Å². The molecule has 3 fully saturated rings.